The maximum Gasteiger partial charge on any atom is 0.252 e. The molecule has 0 spiro atoms. The molecule has 1 heterocycles. The van der Waals surface area contributed by atoms with Crippen molar-refractivity contribution in [2.45, 2.75) is 31.4 Å². The number of nitrogens with one attached hydrogen (secondary N) is 2. The Kier molecular flexibility index (Phi) is 6.94. The summed E-state index contributed by atoms with van der Waals surface area (Å²) in [6, 6.07) is 7.44. The van der Waals surface area contributed by atoms with Crippen LogP contribution in [0.25, 0.3) is 0 Å². The van der Waals surface area contributed by atoms with Crippen LogP contribution in [0.2, 0.25) is 5.02 Å². The van der Waals surface area contributed by atoms with Crippen molar-refractivity contribution in [3.8, 4) is 0 Å². The van der Waals surface area contributed by atoms with Gasteiger partial charge in [-0.2, -0.15) is 0 Å². The third kappa shape index (κ3) is 4.33. The van der Waals surface area contributed by atoms with Crippen molar-refractivity contribution in [2.75, 3.05) is 20.2 Å². The maximum atomic E-state index is 12.5. The van der Waals surface area contributed by atoms with Gasteiger partial charge in [-0.15, -0.1) is 12.4 Å². The number of methoxy groups -OCH3 is 1. The number of benzene rings is 1. The summed E-state index contributed by atoms with van der Waals surface area (Å²) in [5.74, 6) is -0.0472. The largest absolute Gasteiger partial charge is 0.368 e. The summed E-state index contributed by atoms with van der Waals surface area (Å²) < 4.78 is 5.52. The van der Waals surface area contributed by atoms with Gasteiger partial charge in [0, 0.05) is 12.1 Å². The van der Waals surface area contributed by atoms with E-state index in [1.54, 1.807) is 7.11 Å². The van der Waals surface area contributed by atoms with E-state index in [0.717, 1.165) is 18.7 Å². The molecule has 1 saturated heterocycles. The summed E-state index contributed by atoms with van der Waals surface area (Å²) >= 11 is 5.98. The van der Waals surface area contributed by atoms with Gasteiger partial charge in [0.05, 0.1) is 6.04 Å². The van der Waals surface area contributed by atoms with Crippen molar-refractivity contribution in [1.82, 2.24) is 10.6 Å². The monoisotopic (exact) mass is 332 g/mol. The second-order valence-corrected chi connectivity index (χ2v) is 5.64. The highest BCUT2D eigenvalue weighted by atomic mass is 35.5. The fourth-order valence-corrected chi connectivity index (χ4v) is 2.74. The minimum Gasteiger partial charge on any atom is -0.368 e. The van der Waals surface area contributed by atoms with Crippen molar-refractivity contribution >= 4 is 29.9 Å². The number of hydrogen-bond donors (Lipinski definition) is 2. The molecule has 1 atom stereocenters. The van der Waals surface area contributed by atoms with E-state index < -0.39 is 5.60 Å². The first-order valence-electron chi connectivity index (χ1n) is 6.90. The summed E-state index contributed by atoms with van der Waals surface area (Å²) in [4.78, 5) is 12.5. The van der Waals surface area contributed by atoms with Gasteiger partial charge in [0.25, 0.3) is 5.91 Å². The van der Waals surface area contributed by atoms with Gasteiger partial charge < -0.3 is 15.4 Å². The van der Waals surface area contributed by atoms with Gasteiger partial charge in [0.15, 0.2) is 0 Å². The van der Waals surface area contributed by atoms with Crippen molar-refractivity contribution in [3.05, 3.63) is 34.9 Å². The minimum absolute atomic E-state index is 0. The zero-order chi connectivity index (χ0) is 14.6. The van der Waals surface area contributed by atoms with Crippen LogP contribution in [0.15, 0.2) is 24.3 Å². The number of rotatable bonds is 4. The van der Waals surface area contributed by atoms with E-state index in [2.05, 4.69) is 10.6 Å². The summed E-state index contributed by atoms with van der Waals surface area (Å²) in [6.07, 6.45) is 1.38. The van der Waals surface area contributed by atoms with E-state index in [-0.39, 0.29) is 24.4 Å². The van der Waals surface area contributed by atoms with Gasteiger partial charge in [-0.25, -0.2) is 0 Å². The molecule has 1 aliphatic heterocycles. The molecule has 1 amide bonds. The molecule has 118 valence electrons. The Labute approximate surface area is 137 Å². The number of halogens is 2. The smallest absolute Gasteiger partial charge is 0.252 e. The predicted octanol–water partition coefficient (Wildman–Crippen LogP) is 2.71. The van der Waals surface area contributed by atoms with Crippen LogP contribution in [-0.4, -0.2) is 31.7 Å². The van der Waals surface area contributed by atoms with Crippen molar-refractivity contribution in [3.63, 3.8) is 0 Å². The van der Waals surface area contributed by atoms with Crippen molar-refractivity contribution in [1.29, 1.82) is 0 Å². The van der Waals surface area contributed by atoms with Crippen LogP contribution in [0, 0.1) is 0 Å². The van der Waals surface area contributed by atoms with E-state index in [4.69, 9.17) is 16.3 Å². The summed E-state index contributed by atoms with van der Waals surface area (Å²) in [5.41, 5.74) is 0.281. The summed E-state index contributed by atoms with van der Waals surface area (Å²) in [5, 5.41) is 6.95. The Balaban J connectivity index is 0.00000220. The van der Waals surface area contributed by atoms with Crippen LogP contribution in [0.4, 0.5) is 0 Å². The second kappa shape index (κ2) is 7.99. The number of carbonyl (C=O) groups is 1. The van der Waals surface area contributed by atoms with Crippen LogP contribution in [0.5, 0.6) is 0 Å². The molecular weight excluding hydrogens is 311 g/mol. The average molecular weight is 333 g/mol. The fourth-order valence-electron chi connectivity index (χ4n) is 2.54. The number of piperidine rings is 1. The predicted molar refractivity (Wildman–Crippen MR) is 87.1 cm³/mol. The number of hydrogen-bond acceptors (Lipinski definition) is 3. The van der Waals surface area contributed by atoms with Gasteiger partial charge in [0.1, 0.15) is 5.60 Å². The Morgan fingerprint density at radius 1 is 1.43 bits per heavy atom. The SMILES string of the molecule is COC1(C(=O)NC(C)c2cccc(Cl)c2)CCNCC1.Cl. The quantitative estimate of drug-likeness (QED) is 0.891. The molecule has 2 N–H and O–H groups in total. The highest BCUT2D eigenvalue weighted by Gasteiger charge is 2.40. The van der Waals surface area contributed by atoms with Gasteiger partial charge in [-0.1, -0.05) is 23.7 Å². The molecule has 0 radical (unpaired) electrons. The molecule has 0 aromatic heterocycles. The molecule has 1 aliphatic rings. The lowest BCUT2D eigenvalue weighted by molar-refractivity contribution is -0.147. The van der Waals surface area contributed by atoms with E-state index in [0.29, 0.717) is 17.9 Å². The first-order valence-corrected chi connectivity index (χ1v) is 7.27. The zero-order valence-corrected chi connectivity index (χ0v) is 13.9. The Bertz CT molecular complexity index is 476. The number of ether oxygens (including phenoxy) is 1. The lowest BCUT2D eigenvalue weighted by Crippen LogP contribution is -2.54. The van der Waals surface area contributed by atoms with Gasteiger partial charge >= 0.3 is 0 Å². The van der Waals surface area contributed by atoms with Crippen LogP contribution in [0.1, 0.15) is 31.4 Å². The Hall–Kier alpha value is -0.810. The highest BCUT2D eigenvalue weighted by molar-refractivity contribution is 6.30. The third-order valence-corrected chi connectivity index (χ3v) is 4.15. The van der Waals surface area contributed by atoms with E-state index >= 15 is 0 Å². The van der Waals surface area contributed by atoms with E-state index in [9.17, 15) is 4.79 Å². The molecule has 0 bridgehead atoms. The first-order chi connectivity index (χ1) is 9.57. The number of amides is 1. The van der Waals surface area contributed by atoms with E-state index in [1.165, 1.54) is 0 Å². The molecule has 21 heavy (non-hydrogen) atoms. The molecule has 1 aromatic carbocycles. The van der Waals surface area contributed by atoms with Crippen LogP contribution in [0.3, 0.4) is 0 Å². The maximum absolute atomic E-state index is 12.5. The topological polar surface area (TPSA) is 50.4 Å². The molecule has 0 saturated carbocycles. The second-order valence-electron chi connectivity index (χ2n) is 5.20. The highest BCUT2D eigenvalue weighted by Crippen LogP contribution is 2.25. The lowest BCUT2D eigenvalue weighted by Gasteiger charge is -2.35. The van der Waals surface area contributed by atoms with Gasteiger partial charge in [0.2, 0.25) is 0 Å². The molecule has 2 rings (SSSR count). The number of carbonyl (C=O) groups excluding carboxylic acids is 1. The lowest BCUT2D eigenvalue weighted by atomic mass is 9.90. The molecular formula is C15H22Cl2N2O2. The Morgan fingerprint density at radius 3 is 2.67 bits per heavy atom. The molecule has 1 unspecified atom stereocenters. The van der Waals surface area contributed by atoms with E-state index in [1.807, 2.05) is 31.2 Å². The third-order valence-electron chi connectivity index (χ3n) is 3.91. The minimum atomic E-state index is -0.710. The van der Waals surface area contributed by atoms with Gasteiger partial charge in [-0.05, 0) is 50.6 Å². The summed E-state index contributed by atoms with van der Waals surface area (Å²) in [7, 11) is 1.61. The van der Waals surface area contributed by atoms with Crippen molar-refractivity contribution < 1.29 is 9.53 Å². The first kappa shape index (κ1) is 18.2. The molecule has 0 aliphatic carbocycles. The van der Waals surface area contributed by atoms with Crippen molar-refractivity contribution in [2.24, 2.45) is 0 Å². The molecule has 1 fully saturated rings. The van der Waals surface area contributed by atoms with Crippen LogP contribution >= 0.6 is 24.0 Å². The standard InChI is InChI=1S/C15H21ClN2O2.ClH/c1-11(12-4-3-5-13(16)10-12)18-14(19)15(20-2)6-8-17-9-7-15;/h3-5,10-11,17H,6-9H2,1-2H3,(H,18,19);1H. The molecule has 1 aromatic rings. The normalized spacial score (nSPS) is 18.4. The van der Waals surface area contributed by atoms with Crippen LogP contribution < -0.4 is 10.6 Å². The zero-order valence-electron chi connectivity index (χ0n) is 12.3. The molecule has 4 nitrogen and oxygen atoms in total. The average Bonchev–Trinajstić information content (AvgIpc) is 2.47. The Morgan fingerprint density at radius 2 is 2.10 bits per heavy atom. The fraction of sp³-hybridized carbons (Fsp3) is 0.533. The van der Waals surface area contributed by atoms with Crippen LogP contribution in [-0.2, 0) is 9.53 Å². The summed E-state index contributed by atoms with van der Waals surface area (Å²) in [6.45, 7) is 3.55. The molecule has 6 heteroatoms. The van der Waals surface area contributed by atoms with Gasteiger partial charge in [-0.3, -0.25) is 4.79 Å².